The number of hydrogen-bond acceptors (Lipinski definition) is 3. The maximum Gasteiger partial charge on any atom is 0.339 e. The maximum absolute atomic E-state index is 13.5. The monoisotopic (exact) mass is 285 g/mol. The molecule has 0 aliphatic rings. The van der Waals surface area contributed by atoms with Gasteiger partial charge in [-0.05, 0) is 24.3 Å². The summed E-state index contributed by atoms with van der Waals surface area (Å²) in [4.78, 5) is 14.5. The summed E-state index contributed by atoms with van der Waals surface area (Å²) in [5, 5.41) is 8.97. The van der Waals surface area contributed by atoms with E-state index in [0.29, 0.717) is 0 Å². The largest absolute Gasteiger partial charge is 0.478 e. The Morgan fingerprint density at radius 2 is 2.05 bits per heavy atom. The molecule has 0 aliphatic heterocycles. The van der Waals surface area contributed by atoms with E-state index < -0.39 is 29.0 Å². The first-order valence-corrected chi connectivity index (χ1v) is 5.37. The minimum absolute atomic E-state index is 0.0717. The van der Waals surface area contributed by atoms with E-state index in [0.717, 1.165) is 30.5 Å². The number of pyridine rings is 1. The summed E-state index contributed by atoms with van der Waals surface area (Å²) in [5.41, 5.74) is -0.434. The number of aromatic carboxylic acids is 1. The van der Waals surface area contributed by atoms with Gasteiger partial charge in [0.1, 0.15) is 17.1 Å². The van der Waals surface area contributed by atoms with E-state index in [1.165, 1.54) is 0 Å². The Bertz CT molecular complexity index is 649. The van der Waals surface area contributed by atoms with E-state index in [1.54, 1.807) is 0 Å². The van der Waals surface area contributed by atoms with E-state index in [4.69, 9.17) is 21.4 Å². The molecule has 0 unspecified atom stereocenters. The summed E-state index contributed by atoms with van der Waals surface area (Å²) in [6, 6.07) is 3.81. The van der Waals surface area contributed by atoms with Crippen LogP contribution in [-0.4, -0.2) is 16.1 Å². The Morgan fingerprint density at radius 3 is 2.68 bits per heavy atom. The van der Waals surface area contributed by atoms with Gasteiger partial charge in [0.15, 0.2) is 5.82 Å². The Labute approximate surface area is 111 Å². The fourth-order valence-electron chi connectivity index (χ4n) is 1.34. The number of benzene rings is 1. The molecule has 7 heteroatoms. The van der Waals surface area contributed by atoms with Gasteiger partial charge in [0, 0.05) is 6.20 Å². The third-order valence-electron chi connectivity index (χ3n) is 2.15. The molecular formula is C12H6ClF2NO3. The van der Waals surface area contributed by atoms with Gasteiger partial charge in [-0.1, -0.05) is 11.6 Å². The number of hydrogen-bond donors (Lipinski definition) is 1. The van der Waals surface area contributed by atoms with Crippen LogP contribution in [0.4, 0.5) is 8.78 Å². The summed E-state index contributed by atoms with van der Waals surface area (Å²) in [6.45, 7) is 0. The van der Waals surface area contributed by atoms with Crippen molar-refractivity contribution in [3.05, 3.63) is 52.7 Å². The van der Waals surface area contributed by atoms with Gasteiger partial charge in [0.05, 0.1) is 5.02 Å². The van der Waals surface area contributed by atoms with Crippen LogP contribution in [0.15, 0.2) is 30.5 Å². The molecule has 19 heavy (non-hydrogen) atoms. The molecule has 2 rings (SSSR count). The van der Waals surface area contributed by atoms with E-state index in [2.05, 4.69) is 4.98 Å². The smallest absolute Gasteiger partial charge is 0.339 e. The van der Waals surface area contributed by atoms with Gasteiger partial charge in [-0.25, -0.2) is 18.6 Å². The first-order valence-electron chi connectivity index (χ1n) is 4.99. The molecule has 0 saturated heterocycles. The topological polar surface area (TPSA) is 59.4 Å². The Morgan fingerprint density at radius 1 is 1.32 bits per heavy atom. The van der Waals surface area contributed by atoms with Crippen LogP contribution in [0.1, 0.15) is 10.4 Å². The quantitative estimate of drug-likeness (QED) is 0.937. The Balaban J connectivity index is 2.40. The Hall–Kier alpha value is -2.21. The molecule has 4 nitrogen and oxygen atoms in total. The molecule has 1 aromatic carbocycles. The SMILES string of the molecule is O=C(O)c1cc(F)ccc1Oc1ncc(Cl)cc1F. The standard InChI is InChI=1S/C12H6ClF2NO3/c13-6-3-9(15)11(16-5-6)19-10-2-1-7(14)4-8(10)12(17)18/h1-5H,(H,17,18). The van der Waals surface area contributed by atoms with E-state index in [9.17, 15) is 13.6 Å². The van der Waals surface area contributed by atoms with Gasteiger partial charge in [-0.3, -0.25) is 0 Å². The van der Waals surface area contributed by atoms with Crippen LogP contribution in [0, 0.1) is 11.6 Å². The number of nitrogens with zero attached hydrogens (tertiary/aromatic N) is 1. The number of rotatable bonds is 3. The fourth-order valence-corrected chi connectivity index (χ4v) is 1.48. The average molecular weight is 286 g/mol. The third kappa shape index (κ3) is 2.97. The molecule has 1 N–H and O–H groups in total. The van der Waals surface area contributed by atoms with Crippen LogP contribution in [0.25, 0.3) is 0 Å². The van der Waals surface area contributed by atoms with E-state index in [1.807, 2.05) is 0 Å². The molecule has 0 amide bonds. The highest BCUT2D eigenvalue weighted by molar-refractivity contribution is 6.30. The van der Waals surface area contributed by atoms with Crippen LogP contribution in [-0.2, 0) is 0 Å². The van der Waals surface area contributed by atoms with Crippen molar-refractivity contribution in [1.29, 1.82) is 0 Å². The zero-order valence-electron chi connectivity index (χ0n) is 9.23. The third-order valence-corrected chi connectivity index (χ3v) is 2.36. The highest BCUT2D eigenvalue weighted by atomic mass is 35.5. The molecule has 2 aromatic rings. The van der Waals surface area contributed by atoms with Crippen molar-refractivity contribution >= 4 is 17.6 Å². The van der Waals surface area contributed by atoms with Crippen molar-refractivity contribution in [3.8, 4) is 11.6 Å². The molecule has 0 atom stereocenters. The van der Waals surface area contributed by atoms with Gasteiger partial charge in [-0.15, -0.1) is 0 Å². The molecule has 0 bridgehead atoms. The predicted octanol–water partition coefficient (Wildman–Crippen LogP) is 3.50. The zero-order chi connectivity index (χ0) is 14.0. The van der Waals surface area contributed by atoms with Crippen molar-refractivity contribution in [2.24, 2.45) is 0 Å². The molecule has 98 valence electrons. The lowest BCUT2D eigenvalue weighted by atomic mass is 10.2. The number of carbonyl (C=O) groups is 1. The molecule has 1 heterocycles. The van der Waals surface area contributed by atoms with Gasteiger partial charge in [-0.2, -0.15) is 0 Å². The van der Waals surface area contributed by atoms with Gasteiger partial charge in [0.25, 0.3) is 5.88 Å². The summed E-state index contributed by atoms with van der Waals surface area (Å²) in [5.74, 6) is -3.66. The molecule has 1 aromatic heterocycles. The highest BCUT2D eigenvalue weighted by Gasteiger charge is 2.15. The maximum atomic E-state index is 13.5. The van der Waals surface area contributed by atoms with E-state index >= 15 is 0 Å². The summed E-state index contributed by atoms with van der Waals surface area (Å²) < 4.78 is 31.4. The number of ether oxygens (including phenoxy) is 1. The molecule has 0 aliphatic carbocycles. The molecule has 0 saturated carbocycles. The number of carboxylic acid groups (broad SMARTS) is 1. The summed E-state index contributed by atoms with van der Waals surface area (Å²) >= 11 is 5.52. The minimum Gasteiger partial charge on any atom is -0.478 e. The number of aromatic nitrogens is 1. The molecule has 0 radical (unpaired) electrons. The first-order chi connectivity index (χ1) is 8.97. The van der Waals surface area contributed by atoms with Gasteiger partial charge in [0.2, 0.25) is 0 Å². The summed E-state index contributed by atoms with van der Waals surface area (Å²) in [7, 11) is 0. The van der Waals surface area contributed by atoms with Crippen molar-refractivity contribution in [2.75, 3.05) is 0 Å². The number of carboxylic acids is 1. The van der Waals surface area contributed by atoms with Crippen LogP contribution in [0.5, 0.6) is 11.6 Å². The van der Waals surface area contributed by atoms with Crippen molar-refractivity contribution in [2.45, 2.75) is 0 Å². The lowest BCUT2D eigenvalue weighted by Crippen LogP contribution is -2.02. The minimum atomic E-state index is -1.40. The average Bonchev–Trinajstić information content (AvgIpc) is 2.34. The summed E-state index contributed by atoms with van der Waals surface area (Å²) in [6.07, 6.45) is 1.14. The molecular weight excluding hydrogens is 280 g/mol. The molecule has 0 spiro atoms. The van der Waals surface area contributed by atoms with Crippen molar-refractivity contribution in [3.63, 3.8) is 0 Å². The molecule has 0 fully saturated rings. The van der Waals surface area contributed by atoms with Crippen molar-refractivity contribution in [1.82, 2.24) is 4.98 Å². The zero-order valence-corrected chi connectivity index (χ0v) is 9.99. The first kappa shape index (κ1) is 13.2. The van der Waals surface area contributed by atoms with Crippen LogP contribution < -0.4 is 4.74 Å². The second kappa shape index (κ2) is 5.19. The van der Waals surface area contributed by atoms with Gasteiger partial charge >= 0.3 is 5.97 Å². The number of halogens is 3. The van der Waals surface area contributed by atoms with Crippen LogP contribution >= 0.6 is 11.6 Å². The highest BCUT2D eigenvalue weighted by Crippen LogP contribution is 2.27. The lowest BCUT2D eigenvalue weighted by Gasteiger charge is -2.08. The van der Waals surface area contributed by atoms with Crippen LogP contribution in [0.3, 0.4) is 0 Å². The van der Waals surface area contributed by atoms with Crippen molar-refractivity contribution < 1.29 is 23.4 Å². The van der Waals surface area contributed by atoms with E-state index in [-0.39, 0.29) is 10.8 Å². The van der Waals surface area contributed by atoms with Gasteiger partial charge < -0.3 is 9.84 Å². The van der Waals surface area contributed by atoms with Crippen LogP contribution in [0.2, 0.25) is 5.02 Å². The normalized spacial score (nSPS) is 10.3. The fraction of sp³-hybridized carbons (Fsp3) is 0. The lowest BCUT2D eigenvalue weighted by molar-refractivity contribution is 0.0693. The predicted molar refractivity (Wildman–Crippen MR) is 62.6 cm³/mol. The second-order valence-electron chi connectivity index (χ2n) is 3.49. The Kier molecular flexibility index (Phi) is 3.62. The second-order valence-corrected chi connectivity index (χ2v) is 3.92.